The number of rotatable bonds is 2. The van der Waals surface area contributed by atoms with Gasteiger partial charge >= 0.3 is 0 Å². The fourth-order valence-electron chi connectivity index (χ4n) is 3.34. The number of aryl methyl sites for hydroxylation is 1. The highest BCUT2D eigenvalue weighted by molar-refractivity contribution is 5.94. The van der Waals surface area contributed by atoms with Crippen LogP contribution in [0, 0.1) is 0 Å². The van der Waals surface area contributed by atoms with Gasteiger partial charge in [0.15, 0.2) is 0 Å². The first kappa shape index (κ1) is 14.8. The lowest BCUT2D eigenvalue weighted by molar-refractivity contribution is 0.0605. The molecule has 2 aromatic heterocycles. The molecule has 1 aromatic carbocycles. The number of fused-ring (bicyclic) bond motifs is 1. The Labute approximate surface area is 140 Å². The predicted molar refractivity (Wildman–Crippen MR) is 90.4 cm³/mol. The molecule has 3 aromatic rings. The Morgan fingerprint density at radius 3 is 2.79 bits per heavy atom. The maximum Gasteiger partial charge on any atom is 0.274 e. The van der Waals surface area contributed by atoms with E-state index in [1.54, 1.807) is 10.9 Å². The van der Waals surface area contributed by atoms with Crippen LogP contribution in [0.1, 0.15) is 41.4 Å². The van der Waals surface area contributed by atoms with Crippen molar-refractivity contribution in [3.05, 3.63) is 54.1 Å². The fraction of sp³-hybridized carbons (Fsp3) is 0.333. The molecule has 1 fully saturated rings. The molecular formula is C18H19N5O. The van der Waals surface area contributed by atoms with Crippen LogP contribution in [-0.2, 0) is 7.05 Å². The Balaban J connectivity index is 1.67. The van der Waals surface area contributed by atoms with Crippen molar-refractivity contribution in [2.45, 2.75) is 25.3 Å². The highest BCUT2D eigenvalue weighted by atomic mass is 16.2. The molecule has 122 valence electrons. The lowest BCUT2D eigenvalue weighted by atomic mass is 9.97. The molecule has 0 N–H and O–H groups in total. The van der Waals surface area contributed by atoms with Gasteiger partial charge in [-0.05, 0) is 31.4 Å². The van der Waals surface area contributed by atoms with E-state index >= 15 is 0 Å². The number of benzene rings is 1. The quantitative estimate of drug-likeness (QED) is 0.728. The Morgan fingerprint density at radius 1 is 1.17 bits per heavy atom. The number of likely N-dealkylation sites (tertiary alicyclic amines) is 1. The summed E-state index contributed by atoms with van der Waals surface area (Å²) in [6, 6.07) is 7.67. The maximum absolute atomic E-state index is 13.0. The van der Waals surface area contributed by atoms with Crippen molar-refractivity contribution in [2.24, 2.45) is 7.05 Å². The summed E-state index contributed by atoms with van der Waals surface area (Å²) in [6.45, 7) is 0.743. The molecule has 0 saturated carbocycles. The minimum atomic E-state index is -0.0539. The van der Waals surface area contributed by atoms with E-state index < -0.39 is 0 Å². The van der Waals surface area contributed by atoms with Gasteiger partial charge in [-0.3, -0.25) is 14.5 Å². The van der Waals surface area contributed by atoms with Crippen molar-refractivity contribution in [1.82, 2.24) is 24.6 Å². The maximum atomic E-state index is 13.0. The van der Waals surface area contributed by atoms with Crippen LogP contribution in [0.5, 0.6) is 0 Å². The summed E-state index contributed by atoms with van der Waals surface area (Å²) in [7, 11) is 1.90. The number of carbonyl (C=O) groups excluding carboxylic acids is 1. The third kappa shape index (κ3) is 2.64. The predicted octanol–water partition coefficient (Wildman–Crippen LogP) is 2.73. The van der Waals surface area contributed by atoms with Crippen LogP contribution in [0.25, 0.3) is 11.0 Å². The summed E-state index contributed by atoms with van der Waals surface area (Å²) >= 11 is 0. The fourth-order valence-corrected chi connectivity index (χ4v) is 3.34. The lowest BCUT2D eigenvalue weighted by Gasteiger charge is -2.35. The van der Waals surface area contributed by atoms with Gasteiger partial charge in [0.25, 0.3) is 5.91 Å². The molecule has 0 radical (unpaired) electrons. The minimum absolute atomic E-state index is 0.0539. The first-order valence-corrected chi connectivity index (χ1v) is 8.24. The summed E-state index contributed by atoms with van der Waals surface area (Å²) in [4.78, 5) is 23.8. The molecule has 0 spiro atoms. The SMILES string of the molecule is Cn1cc([C@H]2CCCCN2C(=O)c2cnc3ccccc3n2)cn1. The number of aromatic nitrogens is 4. The molecule has 1 atom stereocenters. The zero-order valence-corrected chi connectivity index (χ0v) is 13.6. The van der Waals surface area contributed by atoms with Crippen LogP contribution in [0.2, 0.25) is 0 Å². The molecular weight excluding hydrogens is 302 g/mol. The van der Waals surface area contributed by atoms with E-state index in [-0.39, 0.29) is 11.9 Å². The molecule has 3 heterocycles. The zero-order valence-electron chi connectivity index (χ0n) is 13.6. The third-order valence-corrected chi connectivity index (χ3v) is 4.54. The molecule has 6 heteroatoms. The van der Waals surface area contributed by atoms with E-state index in [9.17, 15) is 4.79 Å². The normalized spacial score (nSPS) is 18.0. The second-order valence-electron chi connectivity index (χ2n) is 6.20. The number of nitrogens with zero attached hydrogens (tertiary/aromatic N) is 5. The van der Waals surface area contributed by atoms with Crippen molar-refractivity contribution >= 4 is 16.9 Å². The number of carbonyl (C=O) groups is 1. The highest BCUT2D eigenvalue weighted by Gasteiger charge is 2.30. The molecule has 4 rings (SSSR count). The van der Waals surface area contributed by atoms with Crippen LogP contribution in [0.4, 0.5) is 0 Å². The third-order valence-electron chi connectivity index (χ3n) is 4.54. The lowest BCUT2D eigenvalue weighted by Crippen LogP contribution is -2.38. The molecule has 0 unspecified atom stereocenters. The van der Waals surface area contributed by atoms with Gasteiger partial charge in [-0.25, -0.2) is 4.98 Å². The van der Waals surface area contributed by atoms with Gasteiger partial charge in [0.2, 0.25) is 0 Å². The number of hydrogen-bond donors (Lipinski definition) is 0. The van der Waals surface area contributed by atoms with Gasteiger partial charge < -0.3 is 4.90 Å². The van der Waals surface area contributed by atoms with E-state index in [1.807, 2.05) is 48.6 Å². The first-order chi connectivity index (χ1) is 11.7. The van der Waals surface area contributed by atoms with E-state index in [0.29, 0.717) is 5.69 Å². The van der Waals surface area contributed by atoms with E-state index in [1.165, 1.54) is 0 Å². The molecule has 0 bridgehead atoms. The molecule has 0 aliphatic carbocycles. The Morgan fingerprint density at radius 2 is 2.00 bits per heavy atom. The summed E-state index contributed by atoms with van der Waals surface area (Å²) in [5.41, 5.74) is 3.04. The number of para-hydroxylation sites is 2. The van der Waals surface area contributed by atoms with Gasteiger partial charge in [0, 0.05) is 25.4 Å². The van der Waals surface area contributed by atoms with Gasteiger partial charge in [0.05, 0.1) is 29.5 Å². The largest absolute Gasteiger partial charge is 0.330 e. The average molecular weight is 321 g/mol. The van der Waals surface area contributed by atoms with Crippen molar-refractivity contribution < 1.29 is 4.79 Å². The molecule has 1 aliphatic heterocycles. The van der Waals surface area contributed by atoms with E-state index in [2.05, 4.69) is 15.1 Å². The van der Waals surface area contributed by atoms with Gasteiger partial charge in [-0.2, -0.15) is 5.10 Å². The van der Waals surface area contributed by atoms with Crippen LogP contribution in [0.15, 0.2) is 42.9 Å². The number of piperidine rings is 1. The summed E-state index contributed by atoms with van der Waals surface area (Å²) < 4.78 is 1.78. The number of amides is 1. The zero-order chi connectivity index (χ0) is 16.5. The van der Waals surface area contributed by atoms with E-state index in [4.69, 9.17) is 0 Å². The first-order valence-electron chi connectivity index (χ1n) is 8.24. The summed E-state index contributed by atoms with van der Waals surface area (Å²) in [5.74, 6) is -0.0539. The Hall–Kier alpha value is -2.76. The van der Waals surface area contributed by atoms with Crippen molar-refractivity contribution in [1.29, 1.82) is 0 Å². The van der Waals surface area contributed by atoms with Crippen LogP contribution >= 0.6 is 0 Å². The van der Waals surface area contributed by atoms with Gasteiger partial charge in [-0.1, -0.05) is 12.1 Å². The van der Waals surface area contributed by atoms with Gasteiger partial charge in [0.1, 0.15) is 5.69 Å². The molecule has 6 nitrogen and oxygen atoms in total. The molecule has 1 saturated heterocycles. The second-order valence-corrected chi connectivity index (χ2v) is 6.20. The number of hydrogen-bond acceptors (Lipinski definition) is 4. The van der Waals surface area contributed by atoms with E-state index in [0.717, 1.165) is 42.4 Å². The summed E-state index contributed by atoms with van der Waals surface area (Å²) in [5, 5.41) is 4.25. The topological polar surface area (TPSA) is 63.9 Å². The smallest absolute Gasteiger partial charge is 0.274 e. The average Bonchev–Trinajstić information content (AvgIpc) is 3.07. The van der Waals surface area contributed by atoms with Crippen molar-refractivity contribution in [3.63, 3.8) is 0 Å². The Kier molecular flexibility index (Phi) is 3.72. The van der Waals surface area contributed by atoms with Crippen molar-refractivity contribution in [3.8, 4) is 0 Å². The minimum Gasteiger partial charge on any atom is -0.330 e. The molecule has 24 heavy (non-hydrogen) atoms. The van der Waals surface area contributed by atoms with Crippen molar-refractivity contribution in [2.75, 3.05) is 6.54 Å². The monoisotopic (exact) mass is 321 g/mol. The van der Waals surface area contributed by atoms with Crippen LogP contribution < -0.4 is 0 Å². The van der Waals surface area contributed by atoms with Crippen LogP contribution in [0.3, 0.4) is 0 Å². The Bertz CT molecular complexity index is 888. The van der Waals surface area contributed by atoms with Gasteiger partial charge in [-0.15, -0.1) is 0 Å². The molecule has 1 aliphatic rings. The molecule has 1 amide bonds. The highest BCUT2D eigenvalue weighted by Crippen LogP contribution is 2.31. The summed E-state index contributed by atoms with van der Waals surface area (Å²) in [6.07, 6.45) is 8.51. The standard InChI is InChI=1S/C18H19N5O/c1-22-12-13(10-20-22)17-8-4-5-9-23(17)18(24)16-11-19-14-6-2-3-7-15(14)21-16/h2-3,6-7,10-12,17H,4-5,8-9H2,1H3/t17-/m1/s1. The van der Waals surface area contributed by atoms with Crippen LogP contribution in [-0.4, -0.2) is 37.1 Å². The second kappa shape index (κ2) is 6.03.